The zero-order chi connectivity index (χ0) is 13.6. The Morgan fingerprint density at radius 3 is 1.94 bits per heavy atom. The Morgan fingerprint density at radius 1 is 1.11 bits per heavy atom. The maximum Gasteiger partial charge on any atom is 0.123 e. The van der Waals surface area contributed by atoms with Crippen molar-refractivity contribution in [3.8, 4) is 5.75 Å². The highest BCUT2D eigenvalue weighted by Gasteiger charge is 2.33. The smallest absolute Gasteiger partial charge is 0.123 e. The summed E-state index contributed by atoms with van der Waals surface area (Å²) in [6.45, 7) is 6.58. The first-order valence-electron chi connectivity index (χ1n) is 6.57. The monoisotopic (exact) mass is 262 g/mol. The molecule has 2 nitrogen and oxygen atoms in total. The molecule has 0 amide bonds. The summed E-state index contributed by atoms with van der Waals surface area (Å²) in [5.74, 6) is 3.06. The van der Waals surface area contributed by atoms with E-state index >= 15 is 0 Å². The van der Waals surface area contributed by atoms with Gasteiger partial charge in [0.2, 0.25) is 0 Å². The van der Waals surface area contributed by atoms with E-state index in [1.807, 2.05) is 24.3 Å². The number of hydrogen-bond acceptors (Lipinski definition) is 2. The van der Waals surface area contributed by atoms with Crippen LogP contribution in [0.5, 0.6) is 5.75 Å². The van der Waals surface area contributed by atoms with Crippen LogP contribution < -0.4 is 4.74 Å². The van der Waals surface area contributed by atoms with Crippen molar-refractivity contribution in [1.82, 2.24) is 0 Å². The van der Waals surface area contributed by atoms with Gasteiger partial charge in [-0.25, -0.2) is 4.79 Å². The number of carbonyl (C=O) groups excluding carboxylic acids is 1. The molecule has 0 unspecified atom stereocenters. The summed E-state index contributed by atoms with van der Waals surface area (Å²) in [4.78, 5) is 11.4. The van der Waals surface area contributed by atoms with E-state index in [9.17, 15) is 4.79 Å². The summed E-state index contributed by atoms with van der Waals surface area (Å²) in [5, 5.41) is 0.928. The Morgan fingerprint density at radius 2 is 1.61 bits per heavy atom. The molecule has 0 aliphatic rings. The van der Waals surface area contributed by atoms with Crippen LogP contribution in [-0.2, 0) is 4.79 Å². The molecule has 1 aromatic carbocycles. The van der Waals surface area contributed by atoms with Gasteiger partial charge in [0.05, 0.1) is 7.11 Å². The average Bonchev–Trinajstić information content (AvgIpc) is 2.45. The summed E-state index contributed by atoms with van der Waals surface area (Å²) >= 11 is 0. The number of rotatable bonds is 6. The van der Waals surface area contributed by atoms with Crippen LogP contribution in [0.25, 0.3) is 5.20 Å². The molecular formula is C15H22O2Si. The second kappa shape index (κ2) is 6.57. The lowest BCUT2D eigenvalue weighted by Crippen LogP contribution is -2.34. The van der Waals surface area contributed by atoms with Gasteiger partial charge in [0, 0.05) is 5.20 Å². The number of ether oxygens (including phenoxy) is 1. The maximum absolute atomic E-state index is 11.4. The van der Waals surface area contributed by atoms with Crippen molar-refractivity contribution in [3.05, 3.63) is 29.8 Å². The van der Waals surface area contributed by atoms with E-state index in [-0.39, 0.29) is 0 Å². The predicted molar refractivity (Wildman–Crippen MR) is 79.3 cm³/mol. The Hall–Kier alpha value is -1.31. The molecule has 0 aliphatic carbocycles. The van der Waals surface area contributed by atoms with E-state index in [1.165, 1.54) is 0 Å². The maximum atomic E-state index is 11.4. The molecule has 0 atom stereocenters. The first-order chi connectivity index (χ1) is 8.67. The molecule has 0 radical (unpaired) electrons. The molecule has 0 aliphatic heterocycles. The lowest BCUT2D eigenvalue weighted by atomic mass is 10.2. The van der Waals surface area contributed by atoms with Crippen molar-refractivity contribution < 1.29 is 9.53 Å². The lowest BCUT2D eigenvalue weighted by molar-refractivity contribution is 0.415. The van der Waals surface area contributed by atoms with Crippen molar-refractivity contribution in [2.75, 3.05) is 7.11 Å². The SMILES string of the molecule is CC[Si](CC)(CC)C(=C=O)c1ccc(OC)cc1. The summed E-state index contributed by atoms with van der Waals surface area (Å²) in [6, 6.07) is 11.0. The molecule has 1 aromatic rings. The van der Waals surface area contributed by atoms with E-state index in [2.05, 4.69) is 26.7 Å². The van der Waals surface area contributed by atoms with E-state index in [0.717, 1.165) is 34.6 Å². The molecule has 98 valence electrons. The fraction of sp³-hybridized carbons (Fsp3) is 0.467. The first-order valence-corrected chi connectivity index (χ1v) is 9.19. The quantitative estimate of drug-likeness (QED) is 0.573. The van der Waals surface area contributed by atoms with Crippen LogP contribution in [0.1, 0.15) is 26.3 Å². The van der Waals surface area contributed by atoms with Gasteiger partial charge in [0.25, 0.3) is 0 Å². The Bertz CT molecular complexity index is 418. The summed E-state index contributed by atoms with van der Waals surface area (Å²) in [6.07, 6.45) is 0. The van der Waals surface area contributed by atoms with Crippen molar-refractivity contribution >= 4 is 19.2 Å². The second-order valence-corrected chi connectivity index (χ2v) is 9.73. The second-order valence-electron chi connectivity index (χ2n) is 4.55. The predicted octanol–water partition coefficient (Wildman–Crippen LogP) is 3.96. The number of benzene rings is 1. The van der Waals surface area contributed by atoms with Crippen molar-refractivity contribution in [2.45, 2.75) is 38.9 Å². The van der Waals surface area contributed by atoms with Gasteiger partial charge in [-0.1, -0.05) is 51.0 Å². The van der Waals surface area contributed by atoms with Crippen LogP contribution >= 0.6 is 0 Å². The Balaban J connectivity index is 3.20. The summed E-state index contributed by atoms with van der Waals surface area (Å²) < 4.78 is 5.15. The van der Waals surface area contributed by atoms with E-state index in [4.69, 9.17) is 4.74 Å². The molecule has 0 bridgehead atoms. The fourth-order valence-electron chi connectivity index (χ4n) is 2.51. The molecule has 3 heteroatoms. The number of hydrogen-bond donors (Lipinski definition) is 0. The lowest BCUT2D eigenvalue weighted by Gasteiger charge is -2.28. The minimum Gasteiger partial charge on any atom is -0.497 e. The summed E-state index contributed by atoms with van der Waals surface area (Å²) in [5.41, 5.74) is 1.02. The molecule has 18 heavy (non-hydrogen) atoms. The van der Waals surface area contributed by atoms with Crippen LogP contribution in [0.4, 0.5) is 0 Å². The topological polar surface area (TPSA) is 26.3 Å². The standard InChI is InChI=1S/C15H22O2Si/c1-5-18(6-2,7-3)15(12-16)13-8-10-14(17-4)11-9-13/h8-11H,5-7H2,1-4H3. The van der Waals surface area contributed by atoms with Gasteiger partial charge in [0.15, 0.2) is 0 Å². The van der Waals surface area contributed by atoms with Gasteiger partial charge in [-0.05, 0) is 17.7 Å². The van der Waals surface area contributed by atoms with Gasteiger partial charge in [0.1, 0.15) is 19.8 Å². The van der Waals surface area contributed by atoms with E-state index in [0.29, 0.717) is 0 Å². The van der Waals surface area contributed by atoms with Crippen molar-refractivity contribution in [1.29, 1.82) is 0 Å². The van der Waals surface area contributed by atoms with Gasteiger partial charge >= 0.3 is 0 Å². The van der Waals surface area contributed by atoms with Gasteiger partial charge < -0.3 is 4.74 Å². The third kappa shape index (κ3) is 2.74. The first kappa shape index (κ1) is 14.7. The van der Waals surface area contributed by atoms with Crippen molar-refractivity contribution in [2.24, 2.45) is 0 Å². The highest BCUT2D eigenvalue weighted by Crippen LogP contribution is 2.34. The third-order valence-electron chi connectivity index (χ3n) is 4.04. The Labute approximate surface area is 111 Å². The van der Waals surface area contributed by atoms with E-state index in [1.54, 1.807) is 7.11 Å². The van der Waals surface area contributed by atoms with Gasteiger partial charge in [-0.15, -0.1) is 0 Å². The van der Waals surface area contributed by atoms with Gasteiger partial charge in [-0.2, -0.15) is 0 Å². The molecule has 0 aromatic heterocycles. The molecule has 1 rings (SSSR count). The van der Waals surface area contributed by atoms with Crippen LogP contribution in [0.2, 0.25) is 18.1 Å². The Kier molecular flexibility index (Phi) is 5.39. The molecule has 0 fully saturated rings. The summed E-state index contributed by atoms with van der Waals surface area (Å²) in [7, 11) is -0.0155. The molecular weight excluding hydrogens is 240 g/mol. The molecule has 0 heterocycles. The number of methoxy groups -OCH3 is 1. The highest BCUT2D eigenvalue weighted by atomic mass is 28.3. The largest absolute Gasteiger partial charge is 0.497 e. The van der Waals surface area contributed by atoms with Gasteiger partial charge in [-0.3, -0.25) is 0 Å². The average molecular weight is 262 g/mol. The zero-order valence-electron chi connectivity index (χ0n) is 11.7. The molecule has 0 saturated heterocycles. The van der Waals surface area contributed by atoms with E-state index < -0.39 is 8.07 Å². The van der Waals surface area contributed by atoms with Crippen LogP contribution in [-0.4, -0.2) is 21.1 Å². The normalized spacial score (nSPS) is 10.9. The minimum absolute atomic E-state index is 0.820. The highest BCUT2D eigenvalue weighted by molar-refractivity contribution is 6.98. The van der Waals surface area contributed by atoms with Crippen LogP contribution in [0.15, 0.2) is 24.3 Å². The third-order valence-corrected chi connectivity index (χ3v) is 9.55. The zero-order valence-corrected chi connectivity index (χ0v) is 12.7. The fourth-order valence-corrected chi connectivity index (χ4v) is 6.07. The van der Waals surface area contributed by atoms with Crippen molar-refractivity contribution in [3.63, 3.8) is 0 Å². The molecule has 0 spiro atoms. The van der Waals surface area contributed by atoms with Crippen LogP contribution in [0.3, 0.4) is 0 Å². The molecule has 0 N–H and O–H groups in total. The minimum atomic E-state index is -1.66. The van der Waals surface area contributed by atoms with Crippen LogP contribution in [0, 0.1) is 0 Å². The molecule has 0 saturated carbocycles.